The first kappa shape index (κ1) is 15.9. The largest absolute Gasteiger partial charge is 0.339 e. The highest BCUT2D eigenvalue weighted by Gasteiger charge is 2.26. The molecule has 2 aliphatic rings. The third kappa shape index (κ3) is 4.06. The van der Waals surface area contributed by atoms with E-state index in [4.69, 9.17) is 0 Å². The number of carbonyl (C=O) groups is 2. The Hall–Kier alpha value is -1.98. The molecule has 1 aromatic heterocycles. The van der Waals surface area contributed by atoms with Gasteiger partial charge in [-0.1, -0.05) is 19.3 Å². The van der Waals surface area contributed by atoms with E-state index in [-0.39, 0.29) is 11.8 Å². The number of nitrogens with zero attached hydrogens (tertiary/aromatic N) is 4. The van der Waals surface area contributed by atoms with E-state index in [1.54, 1.807) is 4.90 Å². The molecule has 0 atom stereocenters. The summed E-state index contributed by atoms with van der Waals surface area (Å²) in [6.07, 6.45) is 11.4. The molecule has 6 nitrogen and oxygen atoms in total. The molecule has 23 heavy (non-hydrogen) atoms. The zero-order valence-electron chi connectivity index (χ0n) is 13.5. The number of aromatic nitrogens is 2. The molecule has 0 radical (unpaired) electrons. The van der Waals surface area contributed by atoms with Crippen molar-refractivity contribution in [3.63, 3.8) is 0 Å². The Kier molecular flexibility index (Phi) is 5.20. The van der Waals surface area contributed by atoms with Crippen molar-refractivity contribution in [3.05, 3.63) is 24.3 Å². The van der Waals surface area contributed by atoms with Gasteiger partial charge in [0, 0.05) is 45.0 Å². The Labute approximate surface area is 136 Å². The second kappa shape index (κ2) is 7.53. The van der Waals surface area contributed by atoms with Gasteiger partial charge >= 0.3 is 0 Å². The van der Waals surface area contributed by atoms with Crippen molar-refractivity contribution in [2.45, 2.75) is 38.5 Å². The van der Waals surface area contributed by atoms with Gasteiger partial charge in [-0.2, -0.15) is 0 Å². The number of rotatable bonds is 3. The Morgan fingerprint density at radius 2 is 1.57 bits per heavy atom. The molecular weight excluding hydrogens is 292 g/mol. The van der Waals surface area contributed by atoms with Gasteiger partial charge in [-0.25, -0.2) is 9.97 Å². The molecule has 124 valence electrons. The molecule has 1 saturated heterocycles. The first-order chi connectivity index (χ1) is 11.2. The zero-order valence-corrected chi connectivity index (χ0v) is 13.5. The number of hydrogen-bond donors (Lipinski definition) is 0. The summed E-state index contributed by atoms with van der Waals surface area (Å²) in [7, 11) is 0. The third-order valence-electron chi connectivity index (χ3n) is 4.92. The van der Waals surface area contributed by atoms with Crippen molar-refractivity contribution in [1.29, 1.82) is 0 Å². The Morgan fingerprint density at radius 3 is 2.22 bits per heavy atom. The summed E-state index contributed by atoms with van der Waals surface area (Å²) in [6, 6.07) is 0. The third-order valence-corrected chi connectivity index (χ3v) is 4.92. The molecule has 1 aromatic rings. The average Bonchev–Trinajstić information content (AvgIpc) is 2.63. The summed E-state index contributed by atoms with van der Waals surface area (Å²) in [4.78, 5) is 36.2. The number of carbonyl (C=O) groups excluding carboxylic acids is 2. The Bertz CT molecular complexity index is 535. The fourth-order valence-electron chi connectivity index (χ4n) is 3.52. The summed E-state index contributed by atoms with van der Waals surface area (Å²) in [5, 5.41) is 0. The molecule has 0 aromatic carbocycles. The molecule has 2 fully saturated rings. The van der Waals surface area contributed by atoms with Crippen LogP contribution in [0.1, 0.15) is 48.9 Å². The summed E-state index contributed by atoms with van der Waals surface area (Å²) >= 11 is 0. The molecule has 0 spiro atoms. The molecular formula is C17H24N4O2. The monoisotopic (exact) mass is 316 g/mol. The summed E-state index contributed by atoms with van der Waals surface area (Å²) in [5.41, 5.74) is 0.509. The van der Waals surface area contributed by atoms with Gasteiger partial charge in [-0.3, -0.25) is 9.59 Å². The molecule has 1 aliphatic carbocycles. The standard InChI is InChI=1S/C17H24N4O2/c22-16(10-14-4-2-1-3-5-14)20-6-8-21(9-7-20)17(23)15-11-18-13-19-12-15/h11-14H,1-10H2. The van der Waals surface area contributed by atoms with E-state index < -0.39 is 0 Å². The van der Waals surface area contributed by atoms with Crippen LogP contribution in [0, 0.1) is 5.92 Å². The lowest BCUT2D eigenvalue weighted by Crippen LogP contribution is -2.50. The first-order valence-electron chi connectivity index (χ1n) is 8.56. The van der Waals surface area contributed by atoms with Crippen LogP contribution in [0.3, 0.4) is 0 Å². The van der Waals surface area contributed by atoms with E-state index in [1.165, 1.54) is 50.8 Å². The van der Waals surface area contributed by atoms with E-state index in [0.29, 0.717) is 44.1 Å². The topological polar surface area (TPSA) is 66.4 Å². The lowest BCUT2D eigenvalue weighted by molar-refractivity contribution is -0.133. The summed E-state index contributed by atoms with van der Waals surface area (Å²) in [5.74, 6) is 0.773. The van der Waals surface area contributed by atoms with Gasteiger partial charge in [-0.15, -0.1) is 0 Å². The van der Waals surface area contributed by atoms with Crippen LogP contribution in [0.5, 0.6) is 0 Å². The summed E-state index contributed by atoms with van der Waals surface area (Å²) < 4.78 is 0. The van der Waals surface area contributed by atoms with Gasteiger partial charge in [0.15, 0.2) is 0 Å². The zero-order chi connectivity index (χ0) is 16.1. The predicted molar refractivity (Wildman–Crippen MR) is 85.7 cm³/mol. The highest BCUT2D eigenvalue weighted by atomic mass is 16.2. The van der Waals surface area contributed by atoms with Gasteiger partial charge in [0.1, 0.15) is 6.33 Å². The molecule has 0 N–H and O–H groups in total. The molecule has 2 heterocycles. The smallest absolute Gasteiger partial charge is 0.257 e. The van der Waals surface area contributed by atoms with Gasteiger partial charge in [0.05, 0.1) is 5.56 Å². The van der Waals surface area contributed by atoms with Crippen LogP contribution in [0.2, 0.25) is 0 Å². The van der Waals surface area contributed by atoms with Gasteiger partial charge < -0.3 is 9.80 Å². The maximum Gasteiger partial charge on any atom is 0.257 e. The van der Waals surface area contributed by atoms with Crippen molar-refractivity contribution in [1.82, 2.24) is 19.8 Å². The molecule has 2 amide bonds. The van der Waals surface area contributed by atoms with Crippen molar-refractivity contribution in [3.8, 4) is 0 Å². The molecule has 3 rings (SSSR count). The maximum atomic E-state index is 12.4. The number of hydrogen-bond acceptors (Lipinski definition) is 4. The van der Waals surface area contributed by atoms with Crippen LogP contribution in [0.25, 0.3) is 0 Å². The average molecular weight is 316 g/mol. The fraction of sp³-hybridized carbons (Fsp3) is 0.647. The van der Waals surface area contributed by atoms with Gasteiger partial charge in [0.2, 0.25) is 5.91 Å². The minimum absolute atomic E-state index is 0.0509. The number of piperazine rings is 1. The van der Waals surface area contributed by atoms with E-state index in [0.717, 1.165) is 0 Å². The molecule has 0 bridgehead atoms. The van der Waals surface area contributed by atoms with E-state index in [2.05, 4.69) is 9.97 Å². The SMILES string of the molecule is O=C(CC1CCCCC1)N1CCN(C(=O)c2cncnc2)CC1. The van der Waals surface area contributed by atoms with Crippen molar-refractivity contribution >= 4 is 11.8 Å². The van der Waals surface area contributed by atoms with E-state index in [1.807, 2.05) is 4.90 Å². The van der Waals surface area contributed by atoms with Crippen LogP contribution in [-0.4, -0.2) is 57.8 Å². The predicted octanol–water partition coefficient (Wildman–Crippen LogP) is 1.73. The first-order valence-corrected chi connectivity index (χ1v) is 8.56. The minimum atomic E-state index is -0.0509. The molecule has 6 heteroatoms. The maximum absolute atomic E-state index is 12.4. The number of amides is 2. The van der Waals surface area contributed by atoms with E-state index >= 15 is 0 Å². The molecule has 1 aliphatic heterocycles. The van der Waals surface area contributed by atoms with Crippen molar-refractivity contribution in [2.24, 2.45) is 5.92 Å². The van der Waals surface area contributed by atoms with Crippen LogP contribution < -0.4 is 0 Å². The second-order valence-electron chi connectivity index (χ2n) is 6.51. The molecule has 0 unspecified atom stereocenters. The molecule has 1 saturated carbocycles. The Morgan fingerprint density at radius 1 is 0.957 bits per heavy atom. The van der Waals surface area contributed by atoms with Crippen LogP contribution in [-0.2, 0) is 4.79 Å². The van der Waals surface area contributed by atoms with Crippen LogP contribution in [0.4, 0.5) is 0 Å². The minimum Gasteiger partial charge on any atom is -0.339 e. The normalized spacial score (nSPS) is 19.7. The van der Waals surface area contributed by atoms with Crippen molar-refractivity contribution < 1.29 is 9.59 Å². The fourth-order valence-corrected chi connectivity index (χ4v) is 3.52. The van der Waals surface area contributed by atoms with Gasteiger partial charge in [-0.05, 0) is 18.8 Å². The van der Waals surface area contributed by atoms with Crippen LogP contribution in [0.15, 0.2) is 18.7 Å². The quantitative estimate of drug-likeness (QED) is 0.852. The van der Waals surface area contributed by atoms with Gasteiger partial charge in [0.25, 0.3) is 5.91 Å². The Balaban J connectivity index is 1.48. The van der Waals surface area contributed by atoms with Crippen molar-refractivity contribution in [2.75, 3.05) is 26.2 Å². The van der Waals surface area contributed by atoms with Crippen LogP contribution >= 0.6 is 0 Å². The highest BCUT2D eigenvalue weighted by Crippen LogP contribution is 2.27. The lowest BCUT2D eigenvalue weighted by atomic mass is 9.86. The summed E-state index contributed by atoms with van der Waals surface area (Å²) in [6.45, 7) is 2.43. The second-order valence-corrected chi connectivity index (χ2v) is 6.51. The van der Waals surface area contributed by atoms with E-state index in [9.17, 15) is 9.59 Å². The lowest BCUT2D eigenvalue weighted by Gasteiger charge is -2.35. The highest BCUT2D eigenvalue weighted by molar-refractivity contribution is 5.93.